The monoisotopic (exact) mass is 391 g/mol. The first-order chi connectivity index (χ1) is 14.1. The summed E-state index contributed by atoms with van der Waals surface area (Å²) in [5.74, 6) is -0.244. The van der Waals surface area contributed by atoms with Crippen LogP contribution >= 0.6 is 0 Å². The molecule has 1 spiro atoms. The van der Waals surface area contributed by atoms with Crippen LogP contribution in [0.4, 0.5) is 16.2 Å². The van der Waals surface area contributed by atoms with Crippen molar-refractivity contribution in [2.75, 3.05) is 16.8 Å². The van der Waals surface area contributed by atoms with E-state index in [-0.39, 0.29) is 24.6 Å². The van der Waals surface area contributed by atoms with E-state index in [1.807, 2.05) is 48.5 Å². The maximum Gasteiger partial charge on any atom is 0.325 e. The van der Waals surface area contributed by atoms with Crippen molar-refractivity contribution in [2.45, 2.75) is 50.5 Å². The lowest BCUT2D eigenvalue weighted by Gasteiger charge is -2.44. The molecule has 2 aromatic rings. The molecule has 3 amide bonds. The van der Waals surface area contributed by atoms with Gasteiger partial charge in [-0.2, -0.15) is 0 Å². The summed E-state index contributed by atoms with van der Waals surface area (Å²) in [6.07, 6.45) is 5.39. The van der Waals surface area contributed by atoms with Gasteiger partial charge in [-0.15, -0.1) is 0 Å². The van der Waals surface area contributed by atoms with Crippen molar-refractivity contribution < 1.29 is 14.3 Å². The third kappa shape index (κ3) is 2.66. The van der Waals surface area contributed by atoms with E-state index in [9.17, 15) is 9.59 Å². The van der Waals surface area contributed by atoms with Gasteiger partial charge in [-0.3, -0.25) is 9.69 Å². The van der Waals surface area contributed by atoms with Crippen molar-refractivity contribution in [3.63, 3.8) is 0 Å². The van der Waals surface area contributed by atoms with Crippen LogP contribution in [0.2, 0.25) is 0 Å². The van der Waals surface area contributed by atoms with Crippen LogP contribution in [-0.4, -0.2) is 25.0 Å². The smallest absolute Gasteiger partial charge is 0.325 e. The summed E-state index contributed by atoms with van der Waals surface area (Å²) >= 11 is 0. The van der Waals surface area contributed by atoms with E-state index >= 15 is 0 Å². The fourth-order valence-electron chi connectivity index (χ4n) is 4.87. The fourth-order valence-corrected chi connectivity index (χ4v) is 4.87. The summed E-state index contributed by atoms with van der Waals surface area (Å²) in [6.45, 7) is 0.275. The van der Waals surface area contributed by atoms with Gasteiger partial charge in [0, 0.05) is 24.2 Å². The molecule has 6 heteroatoms. The number of urea groups is 1. The Morgan fingerprint density at radius 3 is 2.52 bits per heavy atom. The number of para-hydroxylation sites is 2. The Kier molecular flexibility index (Phi) is 4.32. The molecule has 3 aliphatic rings. The van der Waals surface area contributed by atoms with Crippen molar-refractivity contribution in [1.29, 1.82) is 0 Å². The molecule has 0 bridgehead atoms. The number of benzene rings is 2. The van der Waals surface area contributed by atoms with Gasteiger partial charge in [0.15, 0.2) is 0 Å². The zero-order valence-electron chi connectivity index (χ0n) is 16.6. The van der Waals surface area contributed by atoms with Gasteiger partial charge in [-0.1, -0.05) is 55.7 Å². The summed E-state index contributed by atoms with van der Waals surface area (Å²) in [5, 5.41) is 3.18. The number of carbonyl (C=O) groups is 2. The molecule has 1 fully saturated rings. The average molecular weight is 391 g/mol. The number of likely N-dealkylation sites (N-methyl/N-ethyl adjacent to an activating group) is 1. The number of anilines is 2. The van der Waals surface area contributed by atoms with E-state index in [2.05, 4.69) is 5.32 Å². The highest BCUT2D eigenvalue weighted by molar-refractivity contribution is 6.13. The molecule has 2 aliphatic heterocycles. The predicted molar refractivity (Wildman–Crippen MR) is 111 cm³/mol. The maximum absolute atomic E-state index is 13.6. The highest BCUT2D eigenvalue weighted by Crippen LogP contribution is 2.49. The van der Waals surface area contributed by atoms with E-state index < -0.39 is 5.72 Å². The van der Waals surface area contributed by atoms with Crippen LogP contribution in [0.3, 0.4) is 0 Å². The molecule has 5 rings (SSSR count). The zero-order chi connectivity index (χ0) is 20.0. The van der Waals surface area contributed by atoms with Crippen LogP contribution in [0.15, 0.2) is 48.5 Å². The second-order valence-corrected chi connectivity index (χ2v) is 8.06. The van der Waals surface area contributed by atoms with Gasteiger partial charge in [-0.05, 0) is 25.0 Å². The second kappa shape index (κ2) is 6.88. The number of fused-ring (bicyclic) bond motifs is 3. The molecule has 29 heavy (non-hydrogen) atoms. The van der Waals surface area contributed by atoms with Crippen molar-refractivity contribution in [3.05, 3.63) is 59.7 Å². The first kappa shape index (κ1) is 18.2. The first-order valence-corrected chi connectivity index (χ1v) is 10.3. The minimum absolute atomic E-state index is 0.131. The van der Waals surface area contributed by atoms with Gasteiger partial charge in [0.05, 0.1) is 18.0 Å². The lowest BCUT2D eigenvalue weighted by molar-refractivity contribution is -0.146. The molecular weight excluding hydrogens is 366 g/mol. The van der Waals surface area contributed by atoms with Crippen LogP contribution < -0.4 is 15.1 Å². The normalized spacial score (nSPS) is 23.8. The minimum Gasteiger partial charge on any atom is -0.338 e. The average Bonchev–Trinajstić information content (AvgIpc) is 2.97. The number of nitrogens with one attached hydrogen (secondary N) is 1. The van der Waals surface area contributed by atoms with E-state index in [1.54, 1.807) is 16.8 Å². The Bertz CT molecular complexity index is 969. The standard InChI is InChI=1S/C23H25N3O3/c1-25-20-14-8-6-12-18(20)23(21(25)27)26(19-13-7-5-9-16(19)15-29-23)22(28)24-17-10-3-2-4-11-17/h5-9,12-14,17H,2-4,10-11,15H2,1H3,(H,24,28)/t23-/m0/s1. The van der Waals surface area contributed by atoms with E-state index in [0.717, 1.165) is 42.6 Å². The van der Waals surface area contributed by atoms with Crippen LogP contribution in [0, 0.1) is 0 Å². The van der Waals surface area contributed by atoms with Crippen LogP contribution in [-0.2, 0) is 21.9 Å². The molecule has 0 aromatic heterocycles. The van der Waals surface area contributed by atoms with Crippen molar-refractivity contribution in [3.8, 4) is 0 Å². The van der Waals surface area contributed by atoms with Crippen LogP contribution in [0.1, 0.15) is 43.2 Å². The lowest BCUT2D eigenvalue weighted by Crippen LogP contribution is -2.62. The number of hydrogen-bond acceptors (Lipinski definition) is 3. The van der Waals surface area contributed by atoms with E-state index in [4.69, 9.17) is 4.74 Å². The quantitative estimate of drug-likeness (QED) is 0.802. The molecule has 0 radical (unpaired) electrons. The Balaban J connectivity index is 1.63. The second-order valence-electron chi connectivity index (χ2n) is 8.06. The summed E-state index contributed by atoms with van der Waals surface area (Å²) in [6, 6.07) is 15.1. The Hall–Kier alpha value is -2.86. The fraction of sp³-hybridized carbons (Fsp3) is 0.391. The highest BCUT2D eigenvalue weighted by atomic mass is 16.5. The van der Waals surface area contributed by atoms with Gasteiger partial charge in [-0.25, -0.2) is 4.79 Å². The summed E-state index contributed by atoms with van der Waals surface area (Å²) in [7, 11) is 1.73. The summed E-state index contributed by atoms with van der Waals surface area (Å²) in [4.78, 5) is 30.3. The SMILES string of the molecule is CN1C(=O)[C@@]2(OCc3ccccc3N2C(=O)NC2CCCCC2)c2ccccc21. The Morgan fingerprint density at radius 1 is 1.03 bits per heavy atom. The molecule has 0 saturated heterocycles. The van der Waals surface area contributed by atoms with Gasteiger partial charge in [0.1, 0.15) is 0 Å². The largest absolute Gasteiger partial charge is 0.338 e. The van der Waals surface area contributed by atoms with Gasteiger partial charge in [0.25, 0.3) is 11.6 Å². The van der Waals surface area contributed by atoms with Gasteiger partial charge in [0.2, 0.25) is 0 Å². The Morgan fingerprint density at radius 2 is 1.72 bits per heavy atom. The number of nitrogens with zero attached hydrogens (tertiary/aromatic N) is 2. The first-order valence-electron chi connectivity index (χ1n) is 10.3. The number of ether oxygens (including phenoxy) is 1. The van der Waals surface area contributed by atoms with E-state index in [0.29, 0.717) is 5.56 Å². The minimum atomic E-state index is -1.47. The van der Waals surface area contributed by atoms with Gasteiger partial charge < -0.3 is 15.0 Å². The molecule has 2 aromatic carbocycles. The number of rotatable bonds is 1. The molecule has 6 nitrogen and oxygen atoms in total. The van der Waals surface area contributed by atoms with Crippen LogP contribution in [0.25, 0.3) is 0 Å². The number of amides is 3. The van der Waals surface area contributed by atoms with E-state index in [1.165, 1.54) is 6.42 Å². The topological polar surface area (TPSA) is 61.9 Å². The molecule has 1 aliphatic carbocycles. The lowest BCUT2D eigenvalue weighted by atomic mass is 9.95. The molecule has 1 atom stereocenters. The zero-order valence-corrected chi connectivity index (χ0v) is 16.6. The maximum atomic E-state index is 13.6. The van der Waals surface area contributed by atoms with Crippen molar-refractivity contribution in [2.24, 2.45) is 0 Å². The number of carbonyl (C=O) groups excluding carboxylic acids is 2. The molecule has 150 valence electrons. The van der Waals surface area contributed by atoms with Gasteiger partial charge >= 0.3 is 6.03 Å². The molecular formula is C23H25N3O3. The Labute approximate surface area is 170 Å². The third-order valence-electron chi connectivity index (χ3n) is 6.34. The van der Waals surface area contributed by atoms with Crippen LogP contribution in [0.5, 0.6) is 0 Å². The molecule has 0 unspecified atom stereocenters. The molecule has 2 heterocycles. The number of hydrogen-bond donors (Lipinski definition) is 1. The summed E-state index contributed by atoms with van der Waals surface area (Å²) < 4.78 is 6.26. The summed E-state index contributed by atoms with van der Waals surface area (Å²) in [5.41, 5.74) is 1.63. The molecule has 1 saturated carbocycles. The molecule has 1 N–H and O–H groups in total. The van der Waals surface area contributed by atoms with Crippen molar-refractivity contribution in [1.82, 2.24) is 5.32 Å². The van der Waals surface area contributed by atoms with Crippen molar-refractivity contribution >= 4 is 23.3 Å². The highest BCUT2D eigenvalue weighted by Gasteiger charge is 2.59. The predicted octanol–water partition coefficient (Wildman–Crippen LogP) is 3.89. The third-order valence-corrected chi connectivity index (χ3v) is 6.34.